The highest BCUT2D eigenvalue weighted by Crippen LogP contribution is 2.32. The van der Waals surface area contributed by atoms with Crippen LogP contribution in [0.4, 0.5) is 17.6 Å². The van der Waals surface area contributed by atoms with E-state index >= 15 is 0 Å². The number of carbonyl (C=O) groups is 1. The van der Waals surface area contributed by atoms with E-state index in [0.29, 0.717) is 34.3 Å². The standard InChI is InChI=1S/C37H40F4N4O2S/c1-4-43(5-2)18-19-44(22-26-6-10-28(11-7-26)29-12-14-30(15-13-29)37(39,40)41)34(46)23-45-33-21-25(3)20-32(33)35(47)42-36(45)48-24-27-8-16-31(38)17-9-27/h6-17,25H,4-5,18-24H2,1-3H3/i6D,7D,8D,9D,10D,11D,12D,13D,14D,15D,16D,17D,20D2,21D2,22D2,25D. The van der Waals surface area contributed by atoms with Crippen molar-refractivity contribution in [2.45, 2.75) is 63.6 Å². The van der Waals surface area contributed by atoms with Crippen LogP contribution in [0.1, 0.15) is 74.8 Å². The third-order valence-electron chi connectivity index (χ3n) is 6.92. The summed E-state index contributed by atoms with van der Waals surface area (Å²) in [7, 11) is 0. The summed E-state index contributed by atoms with van der Waals surface area (Å²) in [6.07, 6.45) is -11.6. The minimum Gasteiger partial charge on any atom is -0.336 e. The van der Waals surface area contributed by atoms with Crippen LogP contribution in [0.5, 0.6) is 0 Å². The first kappa shape index (κ1) is 18.2. The van der Waals surface area contributed by atoms with E-state index in [2.05, 4.69) is 4.98 Å². The second-order valence-electron chi connectivity index (χ2n) is 10.1. The van der Waals surface area contributed by atoms with E-state index in [1.807, 2.05) is 0 Å². The van der Waals surface area contributed by atoms with Crippen LogP contribution in [0.3, 0.4) is 0 Å². The highest BCUT2D eigenvalue weighted by Gasteiger charge is 2.30. The lowest BCUT2D eigenvalue weighted by atomic mass is 10.0. The topological polar surface area (TPSA) is 58.4 Å². The van der Waals surface area contributed by atoms with Crippen molar-refractivity contribution in [2.75, 3.05) is 26.2 Å². The molecule has 254 valence electrons. The number of rotatable bonds is 13. The van der Waals surface area contributed by atoms with E-state index in [1.54, 1.807) is 18.7 Å². The zero-order valence-corrected chi connectivity index (χ0v) is 26.6. The van der Waals surface area contributed by atoms with Gasteiger partial charge in [0, 0.05) is 43.5 Å². The smallest absolute Gasteiger partial charge is 0.336 e. The van der Waals surface area contributed by atoms with Crippen LogP contribution in [0.2, 0.25) is 0 Å². The summed E-state index contributed by atoms with van der Waals surface area (Å²) in [6.45, 7) is -0.614. The Bertz CT molecular complexity index is 2680. The molecule has 0 radical (unpaired) electrons. The fourth-order valence-electron chi connectivity index (χ4n) is 4.42. The zero-order valence-electron chi connectivity index (χ0n) is 44.8. The summed E-state index contributed by atoms with van der Waals surface area (Å²) >= 11 is 0.401. The lowest BCUT2D eigenvalue weighted by Gasteiger charge is -2.28. The molecule has 0 bridgehead atoms. The molecule has 1 aromatic heterocycles. The van der Waals surface area contributed by atoms with E-state index < -0.39 is 184 Å². The second kappa shape index (κ2) is 15.5. The molecule has 1 amide bonds. The van der Waals surface area contributed by atoms with Gasteiger partial charge in [-0.05, 0) is 78.2 Å². The van der Waals surface area contributed by atoms with Crippen molar-refractivity contribution < 1.29 is 48.4 Å². The van der Waals surface area contributed by atoms with Gasteiger partial charge in [-0.3, -0.25) is 9.59 Å². The number of thioether (sulfide) groups is 1. The summed E-state index contributed by atoms with van der Waals surface area (Å²) in [5.74, 6) is -6.32. The van der Waals surface area contributed by atoms with Crippen molar-refractivity contribution in [1.29, 1.82) is 0 Å². The van der Waals surface area contributed by atoms with Crippen LogP contribution in [0.15, 0.2) is 82.5 Å². The first-order chi connectivity index (χ1) is 30.6. The molecule has 0 spiro atoms. The van der Waals surface area contributed by atoms with Gasteiger partial charge in [-0.15, -0.1) is 0 Å². The van der Waals surface area contributed by atoms with E-state index in [1.165, 1.54) is 0 Å². The lowest BCUT2D eigenvalue weighted by molar-refractivity contribution is -0.137. The maximum Gasteiger partial charge on any atom is 0.416 e. The van der Waals surface area contributed by atoms with Gasteiger partial charge in [0.05, 0.1) is 24.8 Å². The van der Waals surface area contributed by atoms with E-state index in [4.69, 9.17) is 23.3 Å². The highest BCUT2D eigenvalue weighted by atomic mass is 32.2. The van der Waals surface area contributed by atoms with Gasteiger partial charge in [0.2, 0.25) is 5.91 Å². The third kappa shape index (κ3) is 8.73. The average Bonchev–Trinajstić information content (AvgIpc) is 3.34. The van der Waals surface area contributed by atoms with Crippen molar-refractivity contribution in [2.24, 2.45) is 5.89 Å². The number of fused-ring (bicyclic) bond motifs is 1. The molecule has 0 N–H and O–H groups in total. The van der Waals surface area contributed by atoms with Crippen molar-refractivity contribution in [3.63, 3.8) is 0 Å². The van der Waals surface area contributed by atoms with Crippen LogP contribution in [0, 0.1) is 11.7 Å². The Morgan fingerprint density at radius 2 is 1.60 bits per heavy atom. The number of carbonyl (C=O) groups excluding carboxylic acids is 1. The second-order valence-corrected chi connectivity index (χ2v) is 11.1. The van der Waals surface area contributed by atoms with Gasteiger partial charge in [-0.25, -0.2) is 4.39 Å². The molecule has 4 aromatic rings. The molecule has 1 atom stereocenters. The van der Waals surface area contributed by atoms with Gasteiger partial charge in [0.15, 0.2) is 5.16 Å². The van der Waals surface area contributed by atoms with Crippen LogP contribution in [-0.2, 0) is 42.5 Å². The molecule has 1 aliphatic rings. The molecule has 0 saturated carbocycles. The first-order valence-corrected chi connectivity index (χ1v) is 15.4. The number of halogens is 4. The van der Waals surface area contributed by atoms with E-state index in [-0.39, 0.29) is 6.54 Å². The summed E-state index contributed by atoms with van der Waals surface area (Å²) in [5, 5.41) is -0.648. The van der Waals surface area contributed by atoms with Gasteiger partial charge in [0.1, 0.15) is 12.4 Å². The Labute approximate surface area is 309 Å². The summed E-state index contributed by atoms with van der Waals surface area (Å²) in [6, 6.07) is -14.8. The molecule has 3 aromatic carbocycles. The van der Waals surface area contributed by atoms with Gasteiger partial charge in [-0.1, -0.05) is 80.9 Å². The van der Waals surface area contributed by atoms with Crippen molar-refractivity contribution >= 4 is 17.7 Å². The molecular weight excluding hydrogens is 640 g/mol. The molecule has 0 aliphatic heterocycles. The largest absolute Gasteiger partial charge is 0.416 e. The predicted molar refractivity (Wildman–Crippen MR) is 181 cm³/mol. The van der Waals surface area contributed by atoms with Gasteiger partial charge < -0.3 is 14.4 Å². The Morgan fingerprint density at radius 1 is 1.00 bits per heavy atom. The first-order valence-electron chi connectivity index (χ1n) is 24.0. The van der Waals surface area contributed by atoms with Crippen LogP contribution >= 0.6 is 11.8 Å². The number of nitrogens with zero attached hydrogens (tertiary/aromatic N) is 4. The van der Waals surface area contributed by atoms with E-state index in [9.17, 15) is 29.9 Å². The molecule has 5 rings (SSSR count). The maximum atomic E-state index is 14.9. The molecular formula is C37H40F4N4O2S. The van der Waals surface area contributed by atoms with Gasteiger partial charge in [0.25, 0.3) is 5.56 Å². The summed E-state index contributed by atoms with van der Waals surface area (Å²) in [5.41, 5.74) is -8.99. The Balaban J connectivity index is 1.76. The van der Waals surface area contributed by atoms with Crippen LogP contribution in [-0.4, -0.2) is 51.4 Å². The zero-order chi connectivity index (χ0) is 51.2. The Hall–Kier alpha value is -3.96. The van der Waals surface area contributed by atoms with Crippen molar-refractivity contribution in [1.82, 2.24) is 19.4 Å². The lowest BCUT2D eigenvalue weighted by Crippen LogP contribution is -2.40. The number of hydrogen-bond acceptors (Lipinski definition) is 5. The van der Waals surface area contributed by atoms with Crippen molar-refractivity contribution in [3.8, 4) is 11.1 Å². The predicted octanol–water partition coefficient (Wildman–Crippen LogP) is 7.47. The fraction of sp³-hybridized carbons (Fsp3) is 0.378. The molecule has 6 nitrogen and oxygen atoms in total. The third-order valence-corrected chi connectivity index (χ3v) is 7.92. The van der Waals surface area contributed by atoms with Crippen molar-refractivity contribution in [3.05, 3.63) is 117 Å². The average molecular weight is 700 g/mol. The summed E-state index contributed by atoms with van der Waals surface area (Å²) in [4.78, 5) is 34.5. The number of alkyl halides is 3. The number of aromatic nitrogens is 2. The molecule has 11 heteroatoms. The van der Waals surface area contributed by atoms with Gasteiger partial charge >= 0.3 is 6.18 Å². The SMILES string of the molecule is [2H]c1c([2H])c(CSc2nc(=O)c3c(n2CC(=O)N(CCN(CC)CC)C([2H])([2H])c2c([2H])c([2H])c(-c4c([2H])c([2H])c(C(F)(F)F)c([2H])c4[2H])c([2H])c2[2H])C([2H])([2H])C([2H])(C)C3([2H])[2H])c([2H])c([2H])c1F. The molecule has 1 heterocycles. The molecule has 0 saturated heterocycles. The highest BCUT2D eigenvalue weighted by molar-refractivity contribution is 7.98. The molecule has 1 aliphatic carbocycles. The molecule has 1 unspecified atom stereocenters. The normalized spacial score (nSPS) is 24.0. The minimum atomic E-state index is -5.38. The Kier molecular flexibility index (Phi) is 5.86. The minimum absolute atomic E-state index is 0.155. The number of amides is 1. The van der Waals surface area contributed by atoms with Crippen LogP contribution in [0.25, 0.3) is 11.1 Å². The fourth-order valence-corrected chi connectivity index (χ4v) is 5.29. The molecule has 48 heavy (non-hydrogen) atoms. The van der Waals surface area contributed by atoms with Crippen LogP contribution < -0.4 is 5.56 Å². The van der Waals surface area contributed by atoms with Gasteiger partial charge in [-0.2, -0.15) is 18.2 Å². The number of hydrogen-bond donors (Lipinski definition) is 0. The quantitative estimate of drug-likeness (QED) is 0.0824. The number of likely N-dealkylation sites (N-methyl/N-ethyl adjacent to an activating group) is 1. The van der Waals surface area contributed by atoms with E-state index in [0.717, 1.165) is 6.92 Å². The maximum absolute atomic E-state index is 14.9. The number of benzene rings is 3. The summed E-state index contributed by atoms with van der Waals surface area (Å²) < 4.78 is 220. The monoisotopic (exact) mass is 699 g/mol. The molecule has 0 fully saturated rings. The Morgan fingerprint density at radius 3 is 2.21 bits per heavy atom.